The molecule has 0 radical (unpaired) electrons. The molecule has 0 fully saturated rings. The number of amides is 1. The molecule has 0 saturated heterocycles. The van der Waals surface area contributed by atoms with Gasteiger partial charge in [0.05, 0.1) is 0 Å². The molecule has 1 heterocycles. The molecule has 0 spiro atoms. The Hall–Kier alpha value is -1.66. The van der Waals surface area contributed by atoms with Gasteiger partial charge in [0.15, 0.2) is 0 Å². The minimum absolute atomic E-state index is 0. The molecule has 5 nitrogen and oxygen atoms in total. The van der Waals surface area contributed by atoms with Gasteiger partial charge in [0.25, 0.3) is 0 Å². The number of anilines is 2. The molecule has 17 heavy (non-hydrogen) atoms. The van der Waals surface area contributed by atoms with Crippen LogP contribution in [0.1, 0.15) is 6.92 Å². The van der Waals surface area contributed by atoms with E-state index < -0.39 is 0 Å². The number of nitrogens with one attached hydrogen (secondary N) is 1. The van der Waals surface area contributed by atoms with Gasteiger partial charge in [0.1, 0.15) is 5.01 Å². The van der Waals surface area contributed by atoms with Crippen LogP contribution in [0.25, 0.3) is 10.6 Å². The number of nitrogens with zero attached hydrogens (tertiary/aromatic N) is 2. The van der Waals surface area contributed by atoms with Crippen molar-refractivity contribution in [3.8, 4) is 10.6 Å². The third-order valence-corrected chi connectivity index (χ3v) is 2.69. The Kier molecular flexibility index (Phi) is 4.42. The van der Waals surface area contributed by atoms with E-state index in [4.69, 9.17) is 5.73 Å². The molecule has 0 saturated carbocycles. The summed E-state index contributed by atoms with van der Waals surface area (Å²) in [6, 6.07) is 7.36. The second kappa shape index (κ2) is 5.60. The van der Waals surface area contributed by atoms with Crippen LogP contribution in [-0.4, -0.2) is 16.1 Å². The van der Waals surface area contributed by atoms with Crippen LogP contribution in [0.3, 0.4) is 0 Å². The third kappa shape index (κ3) is 3.40. The van der Waals surface area contributed by atoms with E-state index in [1.165, 1.54) is 18.3 Å². The molecule has 1 amide bonds. The second-order valence-electron chi connectivity index (χ2n) is 3.20. The van der Waals surface area contributed by atoms with Gasteiger partial charge in [0, 0.05) is 18.2 Å². The molecule has 2 aromatic rings. The molecule has 0 bridgehead atoms. The lowest BCUT2D eigenvalue weighted by molar-refractivity contribution is -0.114. The highest BCUT2D eigenvalue weighted by atomic mass is 35.5. The molecular formula is C10H11ClN4OS. The number of benzene rings is 1. The molecule has 0 aliphatic carbocycles. The van der Waals surface area contributed by atoms with Crippen LogP contribution in [-0.2, 0) is 4.79 Å². The SMILES string of the molecule is CC(=O)Nc1ccc(-c2nnc(N)s2)cc1.Cl. The highest BCUT2D eigenvalue weighted by molar-refractivity contribution is 7.18. The predicted molar refractivity (Wildman–Crippen MR) is 71.3 cm³/mol. The zero-order chi connectivity index (χ0) is 11.5. The largest absolute Gasteiger partial charge is 0.374 e. The Morgan fingerprint density at radius 3 is 2.41 bits per heavy atom. The summed E-state index contributed by atoms with van der Waals surface area (Å²) in [5.74, 6) is -0.0899. The number of carbonyl (C=O) groups is 1. The topological polar surface area (TPSA) is 80.9 Å². The molecule has 0 aliphatic rings. The van der Waals surface area contributed by atoms with Crippen molar-refractivity contribution in [3.05, 3.63) is 24.3 Å². The summed E-state index contributed by atoms with van der Waals surface area (Å²) in [6.07, 6.45) is 0. The van der Waals surface area contributed by atoms with Crippen molar-refractivity contribution in [2.24, 2.45) is 0 Å². The van der Waals surface area contributed by atoms with Gasteiger partial charge in [-0.15, -0.1) is 22.6 Å². The third-order valence-electron chi connectivity index (χ3n) is 1.89. The number of hydrogen-bond acceptors (Lipinski definition) is 5. The molecule has 2 rings (SSSR count). The molecule has 0 aliphatic heterocycles. The minimum Gasteiger partial charge on any atom is -0.374 e. The number of nitrogen functional groups attached to an aromatic ring is 1. The van der Waals surface area contributed by atoms with Gasteiger partial charge < -0.3 is 11.1 Å². The van der Waals surface area contributed by atoms with Crippen LogP contribution in [0.5, 0.6) is 0 Å². The Balaban J connectivity index is 0.00000144. The maximum absolute atomic E-state index is 10.8. The average Bonchev–Trinajstić information content (AvgIpc) is 2.65. The summed E-state index contributed by atoms with van der Waals surface area (Å²) >= 11 is 1.33. The Morgan fingerprint density at radius 2 is 1.94 bits per heavy atom. The Labute approximate surface area is 108 Å². The van der Waals surface area contributed by atoms with Gasteiger partial charge in [-0.2, -0.15) is 0 Å². The molecule has 0 atom stereocenters. The van der Waals surface area contributed by atoms with Crippen LogP contribution in [0.4, 0.5) is 10.8 Å². The van der Waals surface area contributed by atoms with Gasteiger partial charge >= 0.3 is 0 Å². The van der Waals surface area contributed by atoms with Crippen LogP contribution in [0.15, 0.2) is 24.3 Å². The van der Waals surface area contributed by atoms with Crippen molar-refractivity contribution < 1.29 is 4.79 Å². The normalized spacial score (nSPS) is 9.47. The minimum atomic E-state index is -0.0899. The number of nitrogens with two attached hydrogens (primary N) is 1. The predicted octanol–water partition coefficient (Wildman–Crippen LogP) is 2.17. The molecule has 90 valence electrons. The van der Waals surface area contributed by atoms with Crippen LogP contribution >= 0.6 is 23.7 Å². The Bertz CT molecular complexity index is 511. The van der Waals surface area contributed by atoms with Crippen molar-refractivity contribution >= 4 is 40.5 Å². The maximum atomic E-state index is 10.8. The van der Waals surface area contributed by atoms with E-state index in [1.807, 2.05) is 24.3 Å². The standard InChI is InChI=1S/C10H10N4OS.ClH/c1-6(15)12-8-4-2-7(3-5-8)9-13-14-10(11)16-9;/h2-5H,1H3,(H2,11,14)(H,12,15);1H. The summed E-state index contributed by atoms with van der Waals surface area (Å²) in [5, 5.41) is 11.6. The molecule has 1 aromatic carbocycles. The van der Waals surface area contributed by atoms with Gasteiger partial charge in [0.2, 0.25) is 11.0 Å². The smallest absolute Gasteiger partial charge is 0.221 e. The first-order valence-corrected chi connectivity index (χ1v) is 5.44. The summed E-state index contributed by atoms with van der Waals surface area (Å²) < 4.78 is 0. The highest BCUT2D eigenvalue weighted by Gasteiger charge is 2.04. The molecule has 7 heteroatoms. The number of halogens is 1. The number of rotatable bonds is 2. The second-order valence-corrected chi connectivity index (χ2v) is 4.21. The van der Waals surface area contributed by atoms with E-state index in [0.717, 1.165) is 16.3 Å². The van der Waals surface area contributed by atoms with E-state index in [2.05, 4.69) is 15.5 Å². The quantitative estimate of drug-likeness (QED) is 0.876. The summed E-state index contributed by atoms with van der Waals surface area (Å²) in [5.41, 5.74) is 7.19. The fraction of sp³-hybridized carbons (Fsp3) is 0.100. The van der Waals surface area contributed by atoms with Crippen molar-refractivity contribution in [1.82, 2.24) is 10.2 Å². The lowest BCUT2D eigenvalue weighted by Crippen LogP contribution is -2.05. The van der Waals surface area contributed by atoms with E-state index in [0.29, 0.717) is 5.13 Å². The van der Waals surface area contributed by atoms with Gasteiger partial charge in [-0.25, -0.2) is 0 Å². The lowest BCUT2D eigenvalue weighted by Gasteiger charge is -2.01. The fourth-order valence-electron chi connectivity index (χ4n) is 1.25. The molecule has 1 aromatic heterocycles. The molecule has 3 N–H and O–H groups in total. The lowest BCUT2D eigenvalue weighted by atomic mass is 10.2. The van der Waals surface area contributed by atoms with Crippen LogP contribution in [0.2, 0.25) is 0 Å². The van der Waals surface area contributed by atoms with Gasteiger partial charge in [-0.1, -0.05) is 11.3 Å². The van der Waals surface area contributed by atoms with E-state index >= 15 is 0 Å². The van der Waals surface area contributed by atoms with Crippen molar-refractivity contribution in [2.45, 2.75) is 6.92 Å². The van der Waals surface area contributed by atoms with E-state index in [9.17, 15) is 4.79 Å². The average molecular weight is 271 g/mol. The molecule has 0 unspecified atom stereocenters. The van der Waals surface area contributed by atoms with E-state index in [1.54, 1.807) is 0 Å². The summed E-state index contributed by atoms with van der Waals surface area (Å²) in [7, 11) is 0. The summed E-state index contributed by atoms with van der Waals surface area (Å²) in [4.78, 5) is 10.8. The molecular weight excluding hydrogens is 260 g/mol. The first kappa shape index (κ1) is 13.4. The van der Waals surface area contributed by atoms with Gasteiger partial charge in [-0.05, 0) is 24.3 Å². The zero-order valence-corrected chi connectivity index (χ0v) is 10.6. The monoisotopic (exact) mass is 270 g/mol. The van der Waals surface area contributed by atoms with Crippen LogP contribution in [0, 0.1) is 0 Å². The number of aromatic nitrogens is 2. The van der Waals surface area contributed by atoms with Gasteiger partial charge in [-0.3, -0.25) is 4.79 Å². The van der Waals surface area contributed by atoms with E-state index in [-0.39, 0.29) is 18.3 Å². The Morgan fingerprint density at radius 1 is 1.29 bits per heavy atom. The van der Waals surface area contributed by atoms with Crippen molar-refractivity contribution in [2.75, 3.05) is 11.1 Å². The fourth-order valence-corrected chi connectivity index (χ4v) is 1.87. The number of hydrogen-bond donors (Lipinski definition) is 2. The zero-order valence-electron chi connectivity index (χ0n) is 9.01. The first-order chi connectivity index (χ1) is 7.65. The van der Waals surface area contributed by atoms with Crippen molar-refractivity contribution in [3.63, 3.8) is 0 Å². The first-order valence-electron chi connectivity index (χ1n) is 4.62. The number of carbonyl (C=O) groups excluding carboxylic acids is 1. The van der Waals surface area contributed by atoms with Crippen molar-refractivity contribution in [1.29, 1.82) is 0 Å². The van der Waals surface area contributed by atoms with Crippen LogP contribution < -0.4 is 11.1 Å². The highest BCUT2D eigenvalue weighted by Crippen LogP contribution is 2.25. The summed E-state index contributed by atoms with van der Waals surface area (Å²) in [6.45, 7) is 1.47. The maximum Gasteiger partial charge on any atom is 0.221 e.